The van der Waals surface area contributed by atoms with Gasteiger partial charge in [-0.3, -0.25) is 0 Å². The maximum Gasteiger partial charge on any atom is 0.0889 e. The quantitative estimate of drug-likeness (QED) is 0.767. The molecule has 2 aliphatic rings. The number of aliphatic hydroxyl groups is 1. The lowest BCUT2D eigenvalue weighted by atomic mass is 9.66. The molecule has 0 saturated carbocycles. The van der Waals surface area contributed by atoms with Gasteiger partial charge in [0.1, 0.15) is 0 Å². The summed E-state index contributed by atoms with van der Waals surface area (Å²) in [5, 5.41) is 11.2. The molecule has 0 amide bonds. The SMILES string of the molecule is Cc1ccc2c(c1)C(O)C1(CC2)CCc2ccc(C)cc21. The molecule has 4 rings (SSSR count). The fourth-order valence-electron chi connectivity index (χ4n) is 4.40. The maximum atomic E-state index is 11.2. The van der Waals surface area contributed by atoms with Crippen molar-refractivity contribution in [3.8, 4) is 0 Å². The van der Waals surface area contributed by atoms with Crippen LogP contribution in [-0.4, -0.2) is 5.11 Å². The lowest BCUT2D eigenvalue weighted by Crippen LogP contribution is -2.36. The van der Waals surface area contributed by atoms with Crippen LogP contribution < -0.4 is 0 Å². The summed E-state index contributed by atoms with van der Waals surface area (Å²) in [4.78, 5) is 0. The number of hydrogen-bond acceptors (Lipinski definition) is 1. The van der Waals surface area contributed by atoms with E-state index in [-0.39, 0.29) is 11.5 Å². The van der Waals surface area contributed by atoms with Gasteiger partial charge in [0.25, 0.3) is 0 Å². The van der Waals surface area contributed by atoms with Crippen LogP contribution in [0.3, 0.4) is 0 Å². The summed E-state index contributed by atoms with van der Waals surface area (Å²) >= 11 is 0. The third-order valence-electron chi connectivity index (χ3n) is 5.60. The molecule has 2 unspecified atom stereocenters. The van der Waals surface area contributed by atoms with E-state index in [0.29, 0.717) is 0 Å². The fourth-order valence-corrected chi connectivity index (χ4v) is 4.40. The van der Waals surface area contributed by atoms with Gasteiger partial charge < -0.3 is 5.11 Å². The van der Waals surface area contributed by atoms with Crippen LogP contribution in [-0.2, 0) is 18.3 Å². The average Bonchev–Trinajstić information content (AvgIpc) is 2.83. The smallest absolute Gasteiger partial charge is 0.0889 e. The first-order valence-corrected chi connectivity index (χ1v) is 7.98. The molecule has 1 heteroatoms. The van der Waals surface area contributed by atoms with Gasteiger partial charge in [-0.15, -0.1) is 0 Å². The molecule has 0 radical (unpaired) electrons. The Hall–Kier alpha value is -1.60. The van der Waals surface area contributed by atoms with Gasteiger partial charge in [0.2, 0.25) is 0 Å². The lowest BCUT2D eigenvalue weighted by Gasteiger charge is -2.41. The summed E-state index contributed by atoms with van der Waals surface area (Å²) in [6.07, 6.45) is 3.98. The van der Waals surface area contributed by atoms with Crippen LogP contribution in [0.5, 0.6) is 0 Å². The second-order valence-corrected chi connectivity index (χ2v) is 6.92. The Bertz CT molecular complexity index is 716. The third-order valence-corrected chi connectivity index (χ3v) is 5.60. The zero-order valence-electron chi connectivity index (χ0n) is 12.8. The minimum absolute atomic E-state index is 0.0534. The number of aliphatic hydroxyl groups excluding tert-OH is 1. The van der Waals surface area contributed by atoms with Gasteiger partial charge in [0, 0.05) is 5.41 Å². The topological polar surface area (TPSA) is 20.2 Å². The number of fused-ring (bicyclic) bond motifs is 3. The molecule has 0 heterocycles. The first-order valence-electron chi connectivity index (χ1n) is 7.98. The van der Waals surface area contributed by atoms with Crippen molar-refractivity contribution in [2.75, 3.05) is 0 Å². The van der Waals surface area contributed by atoms with Crippen molar-refractivity contribution in [2.24, 2.45) is 0 Å². The van der Waals surface area contributed by atoms with E-state index in [4.69, 9.17) is 0 Å². The van der Waals surface area contributed by atoms with Crippen molar-refractivity contribution < 1.29 is 5.11 Å². The summed E-state index contributed by atoms with van der Waals surface area (Å²) < 4.78 is 0. The molecule has 2 atom stereocenters. The van der Waals surface area contributed by atoms with E-state index in [9.17, 15) is 5.11 Å². The highest BCUT2D eigenvalue weighted by atomic mass is 16.3. The van der Waals surface area contributed by atoms with E-state index in [2.05, 4.69) is 50.2 Å². The Balaban J connectivity index is 1.87. The Morgan fingerprint density at radius 1 is 0.905 bits per heavy atom. The van der Waals surface area contributed by atoms with E-state index >= 15 is 0 Å². The molecule has 0 fully saturated rings. The maximum absolute atomic E-state index is 11.2. The summed E-state index contributed by atoms with van der Waals surface area (Å²) in [5.74, 6) is 0. The van der Waals surface area contributed by atoms with Crippen molar-refractivity contribution in [1.82, 2.24) is 0 Å². The van der Waals surface area contributed by atoms with Crippen LogP contribution in [0.2, 0.25) is 0 Å². The van der Waals surface area contributed by atoms with Gasteiger partial charge in [0.15, 0.2) is 0 Å². The predicted molar refractivity (Wildman–Crippen MR) is 85.6 cm³/mol. The molecular weight excluding hydrogens is 256 g/mol. The monoisotopic (exact) mass is 278 g/mol. The van der Waals surface area contributed by atoms with Crippen LogP contribution in [0.15, 0.2) is 36.4 Å². The summed E-state index contributed by atoms with van der Waals surface area (Å²) in [5.41, 5.74) is 7.83. The number of benzene rings is 2. The molecule has 1 nitrogen and oxygen atoms in total. The van der Waals surface area contributed by atoms with Crippen LogP contribution in [0.4, 0.5) is 0 Å². The Morgan fingerprint density at radius 3 is 2.29 bits per heavy atom. The molecule has 1 N–H and O–H groups in total. The van der Waals surface area contributed by atoms with Gasteiger partial charge in [-0.25, -0.2) is 0 Å². The largest absolute Gasteiger partial charge is 0.387 e. The second kappa shape index (κ2) is 4.45. The predicted octanol–water partition coefficient (Wildman–Crippen LogP) is 4.17. The number of hydrogen-bond donors (Lipinski definition) is 1. The highest BCUT2D eigenvalue weighted by Gasteiger charge is 2.47. The van der Waals surface area contributed by atoms with Crippen LogP contribution in [0, 0.1) is 13.8 Å². The van der Waals surface area contributed by atoms with E-state index in [1.54, 1.807) is 0 Å². The van der Waals surface area contributed by atoms with Crippen LogP contribution >= 0.6 is 0 Å². The van der Waals surface area contributed by atoms with Crippen LogP contribution in [0.25, 0.3) is 0 Å². The zero-order chi connectivity index (χ0) is 14.6. The lowest BCUT2D eigenvalue weighted by molar-refractivity contribution is 0.0641. The van der Waals surface area contributed by atoms with Gasteiger partial charge >= 0.3 is 0 Å². The second-order valence-electron chi connectivity index (χ2n) is 6.92. The van der Waals surface area contributed by atoms with Crippen LogP contribution in [0.1, 0.15) is 52.3 Å². The molecule has 0 aliphatic heterocycles. The molecule has 0 saturated heterocycles. The summed E-state index contributed by atoms with van der Waals surface area (Å²) in [6, 6.07) is 13.3. The van der Waals surface area contributed by atoms with E-state index in [1.165, 1.54) is 27.8 Å². The molecule has 0 aromatic heterocycles. The third kappa shape index (κ3) is 1.80. The van der Waals surface area contributed by atoms with Crippen molar-refractivity contribution in [3.63, 3.8) is 0 Å². The Labute approximate surface area is 126 Å². The molecule has 2 aliphatic carbocycles. The van der Waals surface area contributed by atoms with Gasteiger partial charge in [0.05, 0.1) is 6.10 Å². The minimum atomic E-state index is -0.357. The van der Waals surface area contributed by atoms with Crippen molar-refractivity contribution in [1.29, 1.82) is 0 Å². The van der Waals surface area contributed by atoms with Gasteiger partial charge in [-0.1, -0.05) is 47.5 Å². The van der Waals surface area contributed by atoms with Gasteiger partial charge in [-0.2, -0.15) is 0 Å². The zero-order valence-corrected chi connectivity index (χ0v) is 12.8. The summed E-state index contributed by atoms with van der Waals surface area (Å²) in [6.45, 7) is 4.26. The first kappa shape index (κ1) is 13.1. The first-order chi connectivity index (χ1) is 10.1. The fraction of sp³-hybridized carbons (Fsp3) is 0.400. The van der Waals surface area contributed by atoms with Crippen molar-refractivity contribution >= 4 is 0 Å². The minimum Gasteiger partial charge on any atom is -0.387 e. The highest BCUT2D eigenvalue weighted by molar-refractivity contribution is 5.48. The van der Waals surface area contributed by atoms with Crippen molar-refractivity contribution in [3.05, 3.63) is 69.8 Å². The molecule has 2 aromatic carbocycles. The van der Waals surface area contributed by atoms with E-state index in [0.717, 1.165) is 31.2 Å². The average molecular weight is 278 g/mol. The van der Waals surface area contributed by atoms with Crippen molar-refractivity contribution in [2.45, 2.75) is 51.0 Å². The molecule has 108 valence electrons. The highest BCUT2D eigenvalue weighted by Crippen LogP contribution is 2.53. The normalized spacial score (nSPS) is 26.7. The molecule has 2 aromatic rings. The number of rotatable bonds is 0. The Morgan fingerprint density at radius 2 is 1.52 bits per heavy atom. The van der Waals surface area contributed by atoms with E-state index < -0.39 is 0 Å². The Kier molecular flexibility index (Phi) is 2.77. The van der Waals surface area contributed by atoms with E-state index in [1.807, 2.05) is 0 Å². The molecular formula is C20H22O. The molecule has 21 heavy (non-hydrogen) atoms. The summed E-state index contributed by atoms with van der Waals surface area (Å²) in [7, 11) is 0. The number of aryl methyl sites for hydroxylation is 4. The van der Waals surface area contributed by atoms with Gasteiger partial charge in [-0.05, 0) is 61.8 Å². The molecule has 0 bridgehead atoms. The molecule has 1 spiro atoms. The standard InChI is InChI=1S/C20H22O/c1-13-3-5-15-7-9-20(19(21)17(15)11-13)10-8-16-6-4-14(2)12-18(16)20/h3-6,11-12,19,21H,7-10H2,1-2H3.